The lowest BCUT2D eigenvalue weighted by Crippen LogP contribution is -1.91. The van der Waals surface area contributed by atoms with Crippen molar-refractivity contribution in [3.63, 3.8) is 0 Å². The second-order valence-electron chi connectivity index (χ2n) is 3.72. The third-order valence-corrected chi connectivity index (χ3v) is 2.39. The molecule has 0 aliphatic carbocycles. The molecule has 2 aromatic rings. The van der Waals surface area contributed by atoms with E-state index in [0.717, 1.165) is 24.0 Å². The number of aromatic nitrogens is 1. The fourth-order valence-corrected chi connectivity index (χ4v) is 1.64. The van der Waals surface area contributed by atoms with E-state index in [0.29, 0.717) is 0 Å². The number of pyridine rings is 1. The summed E-state index contributed by atoms with van der Waals surface area (Å²) in [5.74, 6) is 0.197. The summed E-state index contributed by atoms with van der Waals surface area (Å²) in [4.78, 5) is 4.03. The Hall–Kier alpha value is -2.03. The second-order valence-corrected chi connectivity index (χ2v) is 3.72. The van der Waals surface area contributed by atoms with Gasteiger partial charge in [-0.15, -0.1) is 0 Å². The number of phenols is 2. The molecule has 1 aromatic heterocycles. The molecule has 2 N–H and O–H groups in total. The largest absolute Gasteiger partial charge is 0.508 e. The summed E-state index contributed by atoms with van der Waals surface area (Å²) in [6.07, 6.45) is 5.18. The van der Waals surface area contributed by atoms with Crippen molar-refractivity contribution in [2.45, 2.75) is 12.8 Å². The molecule has 0 aliphatic heterocycles. The Morgan fingerprint density at radius 1 is 0.938 bits per heavy atom. The Morgan fingerprint density at radius 3 is 2.25 bits per heavy atom. The van der Waals surface area contributed by atoms with Crippen LogP contribution >= 0.6 is 0 Å². The van der Waals surface area contributed by atoms with Crippen LogP contribution in [0.4, 0.5) is 0 Å². The topological polar surface area (TPSA) is 53.4 Å². The van der Waals surface area contributed by atoms with Crippen molar-refractivity contribution < 1.29 is 10.2 Å². The lowest BCUT2D eigenvalue weighted by molar-refractivity contribution is 0.449. The Labute approximate surface area is 94.0 Å². The quantitative estimate of drug-likeness (QED) is 0.825. The summed E-state index contributed by atoms with van der Waals surface area (Å²) in [6, 6.07) is 8.56. The van der Waals surface area contributed by atoms with Gasteiger partial charge in [0.15, 0.2) is 0 Å². The lowest BCUT2D eigenvalue weighted by atomic mass is 10.1. The first kappa shape index (κ1) is 10.5. The van der Waals surface area contributed by atoms with Gasteiger partial charge >= 0.3 is 0 Å². The van der Waals surface area contributed by atoms with E-state index in [1.807, 2.05) is 18.3 Å². The molecule has 0 atom stereocenters. The molecule has 0 saturated heterocycles. The Kier molecular flexibility index (Phi) is 3.05. The highest BCUT2D eigenvalue weighted by Crippen LogP contribution is 2.21. The van der Waals surface area contributed by atoms with E-state index in [1.165, 1.54) is 6.07 Å². The standard InChI is InChI=1S/C13H13NO2/c15-12-6-11(7-13(16)8-12)4-3-10-2-1-5-14-9-10/h1-2,5-9,15-16H,3-4H2. The molecule has 3 heteroatoms. The third-order valence-electron chi connectivity index (χ3n) is 2.39. The van der Waals surface area contributed by atoms with Crippen molar-refractivity contribution in [2.75, 3.05) is 0 Å². The molecule has 0 bridgehead atoms. The minimum absolute atomic E-state index is 0.0983. The van der Waals surface area contributed by atoms with E-state index in [-0.39, 0.29) is 11.5 Å². The monoisotopic (exact) mass is 215 g/mol. The van der Waals surface area contributed by atoms with Crippen LogP contribution < -0.4 is 0 Å². The molecule has 82 valence electrons. The van der Waals surface area contributed by atoms with Crippen molar-refractivity contribution in [1.29, 1.82) is 0 Å². The fourth-order valence-electron chi connectivity index (χ4n) is 1.64. The zero-order valence-electron chi connectivity index (χ0n) is 8.80. The zero-order chi connectivity index (χ0) is 11.4. The minimum atomic E-state index is 0.0983. The summed E-state index contributed by atoms with van der Waals surface area (Å²) in [5, 5.41) is 18.6. The first-order chi connectivity index (χ1) is 7.74. The van der Waals surface area contributed by atoms with Gasteiger partial charge in [0.1, 0.15) is 11.5 Å². The van der Waals surface area contributed by atoms with Crippen molar-refractivity contribution in [3.8, 4) is 11.5 Å². The summed E-state index contributed by atoms with van der Waals surface area (Å²) in [6.45, 7) is 0. The normalized spacial score (nSPS) is 10.2. The maximum atomic E-state index is 9.32. The summed E-state index contributed by atoms with van der Waals surface area (Å²) < 4.78 is 0. The van der Waals surface area contributed by atoms with E-state index < -0.39 is 0 Å². The maximum Gasteiger partial charge on any atom is 0.119 e. The smallest absolute Gasteiger partial charge is 0.119 e. The van der Waals surface area contributed by atoms with Gasteiger partial charge in [-0.25, -0.2) is 0 Å². The second kappa shape index (κ2) is 4.66. The van der Waals surface area contributed by atoms with Crippen LogP contribution in [0.2, 0.25) is 0 Å². The van der Waals surface area contributed by atoms with Crippen molar-refractivity contribution in [3.05, 3.63) is 53.9 Å². The fraction of sp³-hybridized carbons (Fsp3) is 0.154. The molecule has 0 fully saturated rings. The van der Waals surface area contributed by atoms with Gasteiger partial charge in [-0.1, -0.05) is 6.07 Å². The van der Waals surface area contributed by atoms with Crippen LogP contribution in [0.15, 0.2) is 42.7 Å². The van der Waals surface area contributed by atoms with Gasteiger partial charge in [0.25, 0.3) is 0 Å². The highest BCUT2D eigenvalue weighted by molar-refractivity contribution is 5.37. The van der Waals surface area contributed by atoms with E-state index in [9.17, 15) is 10.2 Å². The SMILES string of the molecule is Oc1cc(O)cc(CCc2cccnc2)c1. The molecule has 0 unspecified atom stereocenters. The zero-order valence-corrected chi connectivity index (χ0v) is 8.80. The molecular formula is C13H13NO2. The number of aromatic hydroxyl groups is 2. The molecule has 1 aromatic carbocycles. The molecule has 0 amide bonds. The first-order valence-corrected chi connectivity index (χ1v) is 5.15. The lowest BCUT2D eigenvalue weighted by Gasteiger charge is -2.03. The predicted molar refractivity (Wildman–Crippen MR) is 61.4 cm³/mol. The summed E-state index contributed by atoms with van der Waals surface area (Å²) >= 11 is 0. The van der Waals surface area contributed by atoms with Crippen LogP contribution in [0.25, 0.3) is 0 Å². The van der Waals surface area contributed by atoms with E-state index in [2.05, 4.69) is 4.98 Å². The molecular weight excluding hydrogens is 202 g/mol. The first-order valence-electron chi connectivity index (χ1n) is 5.15. The third kappa shape index (κ3) is 2.73. The van der Waals surface area contributed by atoms with E-state index in [1.54, 1.807) is 18.3 Å². The number of benzene rings is 1. The maximum absolute atomic E-state index is 9.32. The van der Waals surface area contributed by atoms with Crippen molar-refractivity contribution in [2.24, 2.45) is 0 Å². The predicted octanol–water partition coefficient (Wildman–Crippen LogP) is 2.28. The van der Waals surface area contributed by atoms with Crippen LogP contribution in [0.5, 0.6) is 11.5 Å². The number of phenolic OH excluding ortho intramolecular Hbond substituents is 2. The number of hydrogen-bond donors (Lipinski definition) is 2. The van der Waals surface area contributed by atoms with Crippen LogP contribution in [0, 0.1) is 0 Å². The number of hydrogen-bond acceptors (Lipinski definition) is 3. The van der Waals surface area contributed by atoms with Crippen LogP contribution in [0.1, 0.15) is 11.1 Å². The number of nitrogens with zero attached hydrogens (tertiary/aromatic N) is 1. The van der Waals surface area contributed by atoms with Gasteiger partial charge in [0.05, 0.1) is 0 Å². The van der Waals surface area contributed by atoms with E-state index >= 15 is 0 Å². The van der Waals surface area contributed by atoms with E-state index in [4.69, 9.17) is 0 Å². The van der Waals surface area contributed by atoms with Crippen LogP contribution in [0.3, 0.4) is 0 Å². The van der Waals surface area contributed by atoms with Gasteiger partial charge in [0.2, 0.25) is 0 Å². The van der Waals surface area contributed by atoms with Gasteiger partial charge in [-0.3, -0.25) is 4.98 Å². The van der Waals surface area contributed by atoms with Gasteiger partial charge < -0.3 is 10.2 Å². The Balaban J connectivity index is 2.05. The molecule has 1 heterocycles. The van der Waals surface area contributed by atoms with Gasteiger partial charge in [-0.2, -0.15) is 0 Å². The minimum Gasteiger partial charge on any atom is -0.508 e. The molecule has 0 radical (unpaired) electrons. The average Bonchev–Trinajstić information content (AvgIpc) is 2.27. The van der Waals surface area contributed by atoms with Gasteiger partial charge in [0, 0.05) is 18.5 Å². The van der Waals surface area contributed by atoms with Gasteiger partial charge in [-0.05, 0) is 42.2 Å². The molecule has 16 heavy (non-hydrogen) atoms. The highest BCUT2D eigenvalue weighted by atomic mass is 16.3. The summed E-state index contributed by atoms with van der Waals surface area (Å²) in [5.41, 5.74) is 2.06. The molecule has 0 saturated carbocycles. The molecule has 0 spiro atoms. The summed E-state index contributed by atoms with van der Waals surface area (Å²) in [7, 11) is 0. The molecule has 3 nitrogen and oxygen atoms in total. The number of rotatable bonds is 3. The molecule has 0 aliphatic rings. The number of aryl methyl sites for hydroxylation is 2. The Morgan fingerprint density at radius 2 is 1.62 bits per heavy atom. The molecule has 2 rings (SSSR count). The highest BCUT2D eigenvalue weighted by Gasteiger charge is 2.00. The van der Waals surface area contributed by atoms with Crippen LogP contribution in [-0.4, -0.2) is 15.2 Å². The van der Waals surface area contributed by atoms with Crippen molar-refractivity contribution >= 4 is 0 Å². The Bertz CT molecular complexity index is 448. The van der Waals surface area contributed by atoms with Crippen LogP contribution in [-0.2, 0) is 12.8 Å². The average molecular weight is 215 g/mol. The van der Waals surface area contributed by atoms with Crippen molar-refractivity contribution in [1.82, 2.24) is 4.98 Å².